The topological polar surface area (TPSA) is 75.4 Å². The number of hydrogen-bond donors (Lipinski definition) is 3. The number of carbonyl (C=O) groups is 1. The van der Waals surface area contributed by atoms with Gasteiger partial charge in [0, 0.05) is 25.6 Å². The Morgan fingerprint density at radius 3 is 2.58 bits per heavy atom. The normalized spacial score (nSPS) is 25.3. The Labute approximate surface area is 117 Å². The van der Waals surface area contributed by atoms with Gasteiger partial charge in [0.25, 0.3) is 0 Å². The van der Waals surface area contributed by atoms with Crippen molar-refractivity contribution in [2.24, 2.45) is 23.0 Å². The summed E-state index contributed by atoms with van der Waals surface area (Å²) in [7, 11) is 0. The lowest BCUT2D eigenvalue weighted by molar-refractivity contribution is -0.121. The number of nitrogens with two attached hydrogens (primary N) is 1. The largest absolute Gasteiger partial charge is 0.396 e. The molecule has 0 aromatic heterocycles. The summed E-state index contributed by atoms with van der Waals surface area (Å²) >= 11 is 0. The van der Waals surface area contributed by atoms with Crippen molar-refractivity contribution in [3.63, 3.8) is 0 Å². The van der Waals surface area contributed by atoms with Crippen LogP contribution in [0.2, 0.25) is 0 Å². The van der Waals surface area contributed by atoms with E-state index in [1.165, 1.54) is 0 Å². The van der Waals surface area contributed by atoms with Gasteiger partial charge in [-0.3, -0.25) is 4.79 Å². The minimum absolute atomic E-state index is 0.0420. The van der Waals surface area contributed by atoms with Crippen LogP contribution in [0.15, 0.2) is 0 Å². The van der Waals surface area contributed by atoms with Gasteiger partial charge in [0.15, 0.2) is 0 Å². The first kappa shape index (κ1) is 16.4. The molecule has 4 N–H and O–H groups in total. The van der Waals surface area contributed by atoms with Crippen LogP contribution in [0.4, 0.5) is 0 Å². The smallest absolute Gasteiger partial charge is 0.221 e. The lowest BCUT2D eigenvalue weighted by atomic mass is 9.87. The van der Waals surface area contributed by atoms with Crippen LogP contribution in [-0.4, -0.2) is 30.2 Å². The summed E-state index contributed by atoms with van der Waals surface area (Å²) in [4.78, 5) is 11.8. The van der Waals surface area contributed by atoms with Crippen LogP contribution < -0.4 is 11.1 Å². The highest BCUT2D eigenvalue weighted by Crippen LogP contribution is 2.30. The molecule has 1 amide bonds. The van der Waals surface area contributed by atoms with Crippen molar-refractivity contribution in [3.05, 3.63) is 0 Å². The molecule has 0 saturated heterocycles. The molecule has 3 atom stereocenters. The van der Waals surface area contributed by atoms with Crippen LogP contribution in [0.25, 0.3) is 0 Å². The third kappa shape index (κ3) is 6.39. The van der Waals surface area contributed by atoms with Crippen molar-refractivity contribution in [2.75, 3.05) is 13.2 Å². The molecule has 0 heterocycles. The standard InChI is InChI=1S/C15H30N2O2/c1-15(2,3)8-13(16)7-14(19)17-9-11-5-4-6-12(11)10-18/h11-13,18H,4-10,16H2,1-3H3,(H,17,19). The number of nitrogens with one attached hydrogen (secondary N) is 1. The Morgan fingerprint density at radius 2 is 2.00 bits per heavy atom. The molecule has 4 heteroatoms. The number of aliphatic hydroxyl groups excluding tert-OH is 1. The average Bonchev–Trinajstić information content (AvgIpc) is 2.70. The van der Waals surface area contributed by atoms with Crippen LogP contribution in [0, 0.1) is 17.3 Å². The van der Waals surface area contributed by atoms with Crippen molar-refractivity contribution in [2.45, 2.75) is 58.9 Å². The second-order valence-corrected chi connectivity index (χ2v) is 7.17. The van der Waals surface area contributed by atoms with E-state index in [9.17, 15) is 9.90 Å². The van der Waals surface area contributed by atoms with Gasteiger partial charge in [-0.25, -0.2) is 0 Å². The zero-order valence-electron chi connectivity index (χ0n) is 12.6. The highest BCUT2D eigenvalue weighted by atomic mass is 16.3. The molecule has 0 bridgehead atoms. The Balaban J connectivity index is 2.24. The van der Waals surface area contributed by atoms with Crippen LogP contribution in [0.3, 0.4) is 0 Å². The molecule has 4 nitrogen and oxygen atoms in total. The monoisotopic (exact) mass is 270 g/mol. The molecule has 1 aliphatic carbocycles. The highest BCUT2D eigenvalue weighted by molar-refractivity contribution is 5.76. The highest BCUT2D eigenvalue weighted by Gasteiger charge is 2.27. The zero-order chi connectivity index (χ0) is 14.5. The lowest BCUT2D eigenvalue weighted by Crippen LogP contribution is -2.37. The molecule has 0 aromatic carbocycles. The van der Waals surface area contributed by atoms with E-state index in [1.807, 2.05) is 0 Å². The Kier molecular flexibility index (Phi) is 6.27. The molecule has 0 spiro atoms. The van der Waals surface area contributed by atoms with Crippen molar-refractivity contribution >= 4 is 5.91 Å². The van der Waals surface area contributed by atoms with Crippen molar-refractivity contribution in [1.29, 1.82) is 0 Å². The van der Waals surface area contributed by atoms with E-state index < -0.39 is 0 Å². The van der Waals surface area contributed by atoms with Gasteiger partial charge in [-0.1, -0.05) is 27.2 Å². The molecule has 112 valence electrons. The Bertz CT molecular complexity index is 286. The van der Waals surface area contributed by atoms with Crippen molar-refractivity contribution in [1.82, 2.24) is 5.32 Å². The summed E-state index contributed by atoms with van der Waals surface area (Å²) in [5, 5.41) is 12.2. The third-order valence-electron chi connectivity index (χ3n) is 3.93. The summed E-state index contributed by atoms with van der Waals surface area (Å²) < 4.78 is 0. The molecule has 3 unspecified atom stereocenters. The molecular weight excluding hydrogens is 240 g/mol. The number of aliphatic hydroxyl groups is 1. The van der Waals surface area contributed by atoms with Crippen molar-refractivity contribution in [3.8, 4) is 0 Å². The van der Waals surface area contributed by atoms with E-state index in [1.54, 1.807) is 0 Å². The van der Waals surface area contributed by atoms with Crippen LogP contribution >= 0.6 is 0 Å². The quantitative estimate of drug-likeness (QED) is 0.687. The molecule has 1 fully saturated rings. The van der Waals surface area contributed by atoms with E-state index in [0.717, 1.165) is 25.7 Å². The summed E-state index contributed by atoms with van der Waals surface area (Å²) in [6.45, 7) is 7.33. The van der Waals surface area contributed by atoms with Gasteiger partial charge < -0.3 is 16.2 Å². The SMILES string of the molecule is CC(C)(C)CC(N)CC(=O)NCC1CCCC1CO. The molecule has 1 aliphatic rings. The van der Waals surface area contributed by atoms with Crippen LogP contribution in [-0.2, 0) is 4.79 Å². The van der Waals surface area contributed by atoms with Gasteiger partial charge in [0.1, 0.15) is 0 Å². The number of hydrogen-bond acceptors (Lipinski definition) is 3. The third-order valence-corrected chi connectivity index (χ3v) is 3.93. The molecule has 0 aliphatic heterocycles. The maximum atomic E-state index is 11.8. The van der Waals surface area contributed by atoms with E-state index in [0.29, 0.717) is 24.8 Å². The van der Waals surface area contributed by atoms with Gasteiger partial charge in [-0.05, 0) is 36.5 Å². The van der Waals surface area contributed by atoms with Crippen LogP contribution in [0.5, 0.6) is 0 Å². The van der Waals surface area contributed by atoms with Crippen LogP contribution in [0.1, 0.15) is 52.9 Å². The van der Waals surface area contributed by atoms with E-state index >= 15 is 0 Å². The molecule has 19 heavy (non-hydrogen) atoms. The molecule has 0 aromatic rings. The number of amides is 1. The summed E-state index contributed by atoms with van der Waals surface area (Å²) in [6.07, 6.45) is 4.60. The Hall–Kier alpha value is -0.610. The molecular formula is C15H30N2O2. The molecule has 1 rings (SSSR count). The minimum Gasteiger partial charge on any atom is -0.396 e. The predicted octanol–water partition coefficient (Wildman–Crippen LogP) is 1.66. The molecule has 0 radical (unpaired) electrons. The summed E-state index contributed by atoms with van der Waals surface area (Å²) in [5.74, 6) is 0.844. The maximum Gasteiger partial charge on any atom is 0.221 e. The second-order valence-electron chi connectivity index (χ2n) is 7.17. The lowest BCUT2D eigenvalue weighted by Gasteiger charge is -2.23. The van der Waals surface area contributed by atoms with Gasteiger partial charge in [-0.2, -0.15) is 0 Å². The summed E-state index contributed by atoms with van der Waals surface area (Å²) in [5.41, 5.74) is 6.16. The predicted molar refractivity (Wildman–Crippen MR) is 77.6 cm³/mol. The summed E-state index contributed by atoms with van der Waals surface area (Å²) in [6, 6.07) is -0.0720. The fourth-order valence-electron chi connectivity index (χ4n) is 3.04. The van der Waals surface area contributed by atoms with E-state index in [4.69, 9.17) is 5.73 Å². The number of carbonyl (C=O) groups excluding carboxylic acids is 1. The first-order chi connectivity index (χ1) is 8.81. The zero-order valence-corrected chi connectivity index (χ0v) is 12.6. The van der Waals surface area contributed by atoms with E-state index in [-0.39, 0.29) is 24.0 Å². The first-order valence-electron chi connectivity index (χ1n) is 7.45. The minimum atomic E-state index is -0.0720. The number of rotatable bonds is 6. The van der Waals surface area contributed by atoms with E-state index in [2.05, 4.69) is 26.1 Å². The average molecular weight is 270 g/mol. The maximum absolute atomic E-state index is 11.8. The fraction of sp³-hybridized carbons (Fsp3) is 0.933. The van der Waals surface area contributed by atoms with Gasteiger partial charge >= 0.3 is 0 Å². The van der Waals surface area contributed by atoms with Gasteiger partial charge in [0.2, 0.25) is 5.91 Å². The Morgan fingerprint density at radius 1 is 1.37 bits per heavy atom. The fourth-order valence-corrected chi connectivity index (χ4v) is 3.04. The molecule has 1 saturated carbocycles. The van der Waals surface area contributed by atoms with Gasteiger partial charge in [0.05, 0.1) is 0 Å². The van der Waals surface area contributed by atoms with Gasteiger partial charge in [-0.15, -0.1) is 0 Å². The van der Waals surface area contributed by atoms with Crippen molar-refractivity contribution < 1.29 is 9.90 Å². The second kappa shape index (κ2) is 7.25. The first-order valence-corrected chi connectivity index (χ1v) is 7.45.